The van der Waals surface area contributed by atoms with E-state index in [0.29, 0.717) is 10.0 Å². The Morgan fingerprint density at radius 2 is 1.88 bits per heavy atom. The Hall–Kier alpha value is -0.700. The van der Waals surface area contributed by atoms with Gasteiger partial charge in [0.15, 0.2) is 0 Å². The summed E-state index contributed by atoms with van der Waals surface area (Å²) < 4.78 is 0. The first-order chi connectivity index (χ1) is 7.77. The van der Waals surface area contributed by atoms with Crippen LogP contribution in [0, 0.1) is 0 Å². The molecule has 0 aliphatic rings. The van der Waals surface area contributed by atoms with Crippen LogP contribution in [0.5, 0.6) is 0 Å². The largest absolute Gasteiger partial charge is 0.382 e. The van der Waals surface area contributed by atoms with Gasteiger partial charge < -0.3 is 5.32 Å². The molecule has 0 bridgehead atoms. The third-order valence-electron chi connectivity index (χ3n) is 2.26. The van der Waals surface area contributed by atoms with E-state index >= 15 is 0 Å². The van der Waals surface area contributed by atoms with Gasteiger partial charge in [0.25, 0.3) is 0 Å². The van der Waals surface area contributed by atoms with Crippen LogP contribution in [0.4, 0.5) is 5.69 Å². The minimum atomic E-state index is 0.665. The van der Waals surface area contributed by atoms with Crippen molar-refractivity contribution in [1.82, 2.24) is 0 Å². The van der Waals surface area contributed by atoms with Crippen LogP contribution in [-0.2, 0) is 6.42 Å². The topological polar surface area (TPSA) is 12.0 Å². The normalized spacial score (nSPS) is 10.4. The van der Waals surface area contributed by atoms with E-state index < -0.39 is 0 Å². The van der Waals surface area contributed by atoms with Gasteiger partial charge in [0.1, 0.15) is 0 Å². The van der Waals surface area contributed by atoms with E-state index in [4.69, 9.17) is 23.2 Å². The van der Waals surface area contributed by atoms with Gasteiger partial charge in [-0.2, -0.15) is 11.3 Å². The van der Waals surface area contributed by atoms with Crippen molar-refractivity contribution < 1.29 is 0 Å². The van der Waals surface area contributed by atoms with Gasteiger partial charge in [0.05, 0.1) is 15.7 Å². The summed E-state index contributed by atoms with van der Waals surface area (Å²) in [5.41, 5.74) is 2.15. The Morgan fingerprint density at radius 3 is 2.50 bits per heavy atom. The molecule has 1 N–H and O–H groups in total. The average molecular weight is 272 g/mol. The van der Waals surface area contributed by atoms with Gasteiger partial charge >= 0.3 is 0 Å². The minimum Gasteiger partial charge on any atom is -0.382 e. The third kappa shape index (κ3) is 2.91. The highest BCUT2D eigenvalue weighted by molar-refractivity contribution is 7.07. The van der Waals surface area contributed by atoms with E-state index in [2.05, 4.69) is 22.1 Å². The van der Waals surface area contributed by atoms with E-state index in [9.17, 15) is 0 Å². The van der Waals surface area contributed by atoms with Gasteiger partial charge in [-0.15, -0.1) is 0 Å². The van der Waals surface area contributed by atoms with Crippen molar-refractivity contribution in [2.24, 2.45) is 0 Å². The highest BCUT2D eigenvalue weighted by atomic mass is 35.5. The minimum absolute atomic E-state index is 0.665. The molecule has 0 saturated heterocycles. The molecule has 0 unspecified atom stereocenters. The molecule has 0 radical (unpaired) electrons. The van der Waals surface area contributed by atoms with Crippen LogP contribution in [0.2, 0.25) is 10.0 Å². The molecule has 4 heteroatoms. The third-order valence-corrected chi connectivity index (χ3v) is 3.62. The maximum atomic E-state index is 6.05. The summed E-state index contributed by atoms with van der Waals surface area (Å²) in [6, 6.07) is 7.63. The van der Waals surface area contributed by atoms with Crippen LogP contribution in [0.15, 0.2) is 35.0 Å². The van der Waals surface area contributed by atoms with Crippen LogP contribution in [0.25, 0.3) is 0 Å². The molecule has 0 spiro atoms. The Bertz CT molecular complexity index is 434. The standard InChI is InChI=1S/C12H11Cl2NS/c13-10-2-1-3-11(14)12(10)15-6-4-9-5-7-16-8-9/h1-3,5,7-8,15H,4,6H2. The summed E-state index contributed by atoms with van der Waals surface area (Å²) in [5.74, 6) is 0. The number of halogens is 2. The lowest BCUT2D eigenvalue weighted by molar-refractivity contribution is 1.03. The number of anilines is 1. The second-order valence-corrected chi connectivity index (χ2v) is 5.00. The quantitative estimate of drug-likeness (QED) is 0.849. The van der Waals surface area contributed by atoms with Crippen molar-refractivity contribution in [3.63, 3.8) is 0 Å². The molecule has 0 saturated carbocycles. The van der Waals surface area contributed by atoms with E-state index in [0.717, 1.165) is 18.7 Å². The summed E-state index contributed by atoms with van der Waals surface area (Å²) in [6.07, 6.45) is 0.977. The summed E-state index contributed by atoms with van der Waals surface area (Å²) >= 11 is 13.8. The second-order valence-electron chi connectivity index (χ2n) is 3.41. The van der Waals surface area contributed by atoms with E-state index in [1.54, 1.807) is 11.3 Å². The lowest BCUT2D eigenvalue weighted by Gasteiger charge is -2.09. The summed E-state index contributed by atoms with van der Waals surface area (Å²) in [5, 5.41) is 8.82. The number of thiophene rings is 1. The van der Waals surface area contributed by atoms with Gasteiger partial charge in [-0.25, -0.2) is 0 Å². The first-order valence-corrected chi connectivity index (χ1v) is 6.66. The van der Waals surface area contributed by atoms with Crippen molar-refractivity contribution in [2.45, 2.75) is 6.42 Å². The van der Waals surface area contributed by atoms with Crippen molar-refractivity contribution in [3.05, 3.63) is 50.6 Å². The Balaban J connectivity index is 1.95. The highest BCUT2D eigenvalue weighted by Gasteiger charge is 2.03. The molecule has 2 aromatic rings. The fraction of sp³-hybridized carbons (Fsp3) is 0.167. The van der Waals surface area contributed by atoms with Crippen LogP contribution in [-0.4, -0.2) is 6.54 Å². The van der Waals surface area contributed by atoms with E-state index in [1.165, 1.54) is 5.56 Å². The zero-order chi connectivity index (χ0) is 11.4. The van der Waals surface area contributed by atoms with Gasteiger partial charge in [0, 0.05) is 6.54 Å². The van der Waals surface area contributed by atoms with Crippen LogP contribution in [0.3, 0.4) is 0 Å². The molecular formula is C12H11Cl2NS. The predicted molar refractivity (Wildman–Crippen MR) is 73.0 cm³/mol. The molecule has 84 valence electrons. The fourth-order valence-corrected chi connectivity index (χ4v) is 2.67. The van der Waals surface area contributed by atoms with Gasteiger partial charge in [-0.1, -0.05) is 29.3 Å². The molecule has 1 aromatic heterocycles. The maximum Gasteiger partial charge on any atom is 0.0719 e. The molecule has 0 amide bonds. The smallest absolute Gasteiger partial charge is 0.0719 e. The zero-order valence-electron chi connectivity index (χ0n) is 8.54. The second kappa shape index (κ2) is 5.58. The molecule has 0 aliphatic heterocycles. The molecule has 0 aliphatic carbocycles. The fourth-order valence-electron chi connectivity index (χ4n) is 1.43. The van der Waals surface area contributed by atoms with Gasteiger partial charge in [0.2, 0.25) is 0 Å². The molecule has 2 rings (SSSR count). The lowest BCUT2D eigenvalue weighted by atomic mass is 10.2. The van der Waals surface area contributed by atoms with Gasteiger partial charge in [-0.05, 0) is 40.9 Å². The molecular weight excluding hydrogens is 261 g/mol. The zero-order valence-corrected chi connectivity index (χ0v) is 10.9. The number of hydrogen-bond acceptors (Lipinski definition) is 2. The monoisotopic (exact) mass is 271 g/mol. The number of benzene rings is 1. The molecule has 1 heterocycles. The molecule has 1 nitrogen and oxygen atoms in total. The number of nitrogens with one attached hydrogen (secondary N) is 1. The average Bonchev–Trinajstić information content (AvgIpc) is 2.75. The summed E-state index contributed by atoms with van der Waals surface area (Å²) in [6.45, 7) is 0.834. The molecule has 0 atom stereocenters. The van der Waals surface area contributed by atoms with Crippen molar-refractivity contribution in [3.8, 4) is 0 Å². The Kier molecular flexibility index (Phi) is 4.10. The van der Waals surface area contributed by atoms with Crippen molar-refractivity contribution >= 4 is 40.2 Å². The first-order valence-electron chi connectivity index (χ1n) is 4.96. The predicted octanol–water partition coefficient (Wildman–Crippen LogP) is 4.71. The van der Waals surface area contributed by atoms with Crippen LogP contribution < -0.4 is 5.32 Å². The van der Waals surface area contributed by atoms with E-state index in [-0.39, 0.29) is 0 Å². The van der Waals surface area contributed by atoms with Crippen LogP contribution >= 0.6 is 34.5 Å². The van der Waals surface area contributed by atoms with Crippen LogP contribution in [0.1, 0.15) is 5.56 Å². The Morgan fingerprint density at radius 1 is 1.12 bits per heavy atom. The van der Waals surface area contributed by atoms with Gasteiger partial charge in [-0.3, -0.25) is 0 Å². The summed E-state index contributed by atoms with van der Waals surface area (Å²) in [7, 11) is 0. The lowest BCUT2D eigenvalue weighted by Crippen LogP contribution is -2.05. The highest BCUT2D eigenvalue weighted by Crippen LogP contribution is 2.29. The molecule has 16 heavy (non-hydrogen) atoms. The number of rotatable bonds is 4. The number of para-hydroxylation sites is 1. The van der Waals surface area contributed by atoms with E-state index in [1.807, 2.05) is 18.2 Å². The maximum absolute atomic E-state index is 6.05. The molecule has 0 fully saturated rings. The first kappa shape index (κ1) is 11.8. The SMILES string of the molecule is Clc1cccc(Cl)c1NCCc1ccsc1. The number of hydrogen-bond donors (Lipinski definition) is 1. The van der Waals surface area contributed by atoms with Crippen molar-refractivity contribution in [1.29, 1.82) is 0 Å². The summed E-state index contributed by atoms with van der Waals surface area (Å²) in [4.78, 5) is 0. The van der Waals surface area contributed by atoms with Crippen molar-refractivity contribution in [2.75, 3.05) is 11.9 Å². The Labute approximate surface area is 109 Å². The molecule has 1 aromatic carbocycles.